The molecule has 1 N–H and O–H groups in total. The number of sulfonamides is 1. The first-order valence-corrected chi connectivity index (χ1v) is 11.8. The maximum atomic E-state index is 12.6. The maximum Gasteiger partial charge on any atom is 0.277 e. The van der Waals surface area contributed by atoms with Crippen LogP contribution >= 0.6 is 11.8 Å². The largest absolute Gasteiger partial charge is 0.416 e. The van der Waals surface area contributed by atoms with E-state index in [1.54, 1.807) is 12.1 Å². The van der Waals surface area contributed by atoms with Crippen molar-refractivity contribution in [2.75, 3.05) is 24.2 Å². The Labute approximate surface area is 168 Å². The van der Waals surface area contributed by atoms with Crippen LogP contribution in [0.2, 0.25) is 0 Å². The number of aromatic nitrogens is 2. The molecule has 1 saturated carbocycles. The van der Waals surface area contributed by atoms with Gasteiger partial charge in [-0.2, -0.15) is 4.31 Å². The summed E-state index contributed by atoms with van der Waals surface area (Å²) in [6.07, 6.45) is 5.02. The quantitative estimate of drug-likeness (QED) is 0.684. The number of amides is 1. The fourth-order valence-electron chi connectivity index (χ4n) is 3.06. The Hall–Kier alpha value is -1.91. The summed E-state index contributed by atoms with van der Waals surface area (Å²) in [6.45, 7) is 1.13. The van der Waals surface area contributed by atoms with Crippen LogP contribution in [0.15, 0.2) is 38.8 Å². The summed E-state index contributed by atoms with van der Waals surface area (Å²) in [4.78, 5) is 12.4. The molecule has 1 aliphatic carbocycles. The van der Waals surface area contributed by atoms with Crippen LogP contribution in [0.25, 0.3) is 0 Å². The zero-order valence-corrected chi connectivity index (χ0v) is 17.0. The van der Waals surface area contributed by atoms with Gasteiger partial charge in [-0.25, -0.2) is 8.42 Å². The Balaban J connectivity index is 1.31. The molecule has 150 valence electrons. The standard InChI is InChI=1S/C18H22N4O4S2/c23-16(12-27-18-21-20-17(26-18)13-4-5-13)19-14-6-8-15(9-7-14)28(24,25)22-10-2-1-3-11-22/h6-9,13H,1-5,10-12H2,(H,19,23). The average Bonchev–Trinajstić information content (AvgIpc) is 3.45. The summed E-state index contributed by atoms with van der Waals surface area (Å²) in [5, 5.41) is 11.1. The van der Waals surface area contributed by atoms with E-state index in [0.29, 0.717) is 35.8 Å². The highest BCUT2D eigenvalue weighted by Gasteiger charge is 2.29. The number of rotatable bonds is 7. The van der Waals surface area contributed by atoms with Crippen molar-refractivity contribution in [3.63, 3.8) is 0 Å². The molecule has 8 nitrogen and oxygen atoms in total. The molecule has 1 aliphatic heterocycles. The summed E-state index contributed by atoms with van der Waals surface area (Å²) >= 11 is 1.19. The monoisotopic (exact) mass is 422 g/mol. The number of carbonyl (C=O) groups excluding carboxylic acids is 1. The molecule has 0 bridgehead atoms. The van der Waals surface area contributed by atoms with Crippen molar-refractivity contribution in [2.24, 2.45) is 0 Å². The van der Waals surface area contributed by atoms with Crippen LogP contribution in [-0.2, 0) is 14.8 Å². The number of benzene rings is 1. The van der Waals surface area contributed by atoms with E-state index in [2.05, 4.69) is 15.5 Å². The van der Waals surface area contributed by atoms with E-state index in [0.717, 1.165) is 32.1 Å². The van der Waals surface area contributed by atoms with E-state index in [1.807, 2.05) is 0 Å². The van der Waals surface area contributed by atoms with Gasteiger partial charge in [-0.3, -0.25) is 4.79 Å². The van der Waals surface area contributed by atoms with Gasteiger partial charge in [0.25, 0.3) is 5.22 Å². The molecule has 1 aromatic heterocycles. The lowest BCUT2D eigenvalue weighted by Gasteiger charge is -2.25. The Morgan fingerprint density at radius 3 is 2.54 bits per heavy atom. The minimum absolute atomic E-state index is 0.139. The molecular formula is C18H22N4O4S2. The third-order valence-corrected chi connectivity index (χ3v) is 7.50. The van der Waals surface area contributed by atoms with E-state index < -0.39 is 10.0 Å². The molecule has 2 fully saturated rings. The molecule has 1 saturated heterocycles. The summed E-state index contributed by atoms with van der Waals surface area (Å²) in [7, 11) is -3.46. The van der Waals surface area contributed by atoms with Gasteiger partial charge in [0.05, 0.1) is 10.6 Å². The van der Waals surface area contributed by atoms with E-state index in [-0.39, 0.29) is 16.6 Å². The zero-order chi connectivity index (χ0) is 19.6. The topological polar surface area (TPSA) is 105 Å². The van der Waals surface area contributed by atoms with Crippen LogP contribution in [0.5, 0.6) is 0 Å². The normalized spacial score (nSPS) is 18.1. The van der Waals surface area contributed by atoms with Crippen LogP contribution in [0.1, 0.15) is 43.9 Å². The molecule has 2 heterocycles. The number of carbonyl (C=O) groups is 1. The third-order valence-electron chi connectivity index (χ3n) is 4.77. The van der Waals surface area contributed by atoms with E-state index in [9.17, 15) is 13.2 Å². The minimum Gasteiger partial charge on any atom is -0.416 e. The van der Waals surface area contributed by atoms with Crippen molar-refractivity contribution in [3.8, 4) is 0 Å². The molecule has 0 radical (unpaired) electrons. The SMILES string of the molecule is O=C(CSc1nnc(C2CC2)o1)Nc1ccc(S(=O)(=O)N2CCCCC2)cc1. The fourth-order valence-corrected chi connectivity index (χ4v) is 5.15. The number of thioether (sulfide) groups is 1. The van der Waals surface area contributed by atoms with Gasteiger partial charge in [-0.1, -0.05) is 18.2 Å². The van der Waals surface area contributed by atoms with Crippen molar-refractivity contribution in [1.29, 1.82) is 0 Å². The van der Waals surface area contributed by atoms with Gasteiger partial charge in [0.1, 0.15) is 0 Å². The highest BCUT2D eigenvalue weighted by atomic mass is 32.2. The summed E-state index contributed by atoms with van der Waals surface area (Å²) < 4.78 is 32.3. The van der Waals surface area contributed by atoms with Gasteiger partial charge in [-0.15, -0.1) is 10.2 Å². The first-order chi connectivity index (χ1) is 13.5. The number of nitrogens with zero attached hydrogens (tertiary/aromatic N) is 3. The van der Waals surface area contributed by atoms with Gasteiger partial charge in [0.2, 0.25) is 21.8 Å². The van der Waals surface area contributed by atoms with Crippen LogP contribution < -0.4 is 5.32 Å². The van der Waals surface area contributed by atoms with E-state index >= 15 is 0 Å². The van der Waals surface area contributed by atoms with Gasteiger partial charge < -0.3 is 9.73 Å². The van der Waals surface area contributed by atoms with Crippen molar-refractivity contribution >= 4 is 33.4 Å². The number of anilines is 1. The fraction of sp³-hybridized carbons (Fsp3) is 0.500. The van der Waals surface area contributed by atoms with Crippen LogP contribution in [0, 0.1) is 0 Å². The van der Waals surface area contributed by atoms with E-state index in [4.69, 9.17) is 4.42 Å². The van der Waals surface area contributed by atoms with E-state index in [1.165, 1.54) is 28.2 Å². The van der Waals surface area contributed by atoms with Crippen molar-refractivity contribution < 1.29 is 17.6 Å². The average molecular weight is 423 g/mol. The Morgan fingerprint density at radius 2 is 1.86 bits per heavy atom. The van der Waals surface area contributed by atoms with Crippen molar-refractivity contribution in [3.05, 3.63) is 30.2 Å². The molecule has 2 aromatic rings. The lowest BCUT2D eigenvalue weighted by molar-refractivity contribution is -0.113. The second kappa shape index (κ2) is 8.22. The Bertz CT molecular complexity index is 933. The predicted octanol–water partition coefficient (Wildman–Crippen LogP) is 2.85. The van der Waals surface area contributed by atoms with Crippen LogP contribution in [-0.4, -0.2) is 47.7 Å². The van der Waals surface area contributed by atoms with Gasteiger partial charge in [-0.05, 0) is 49.9 Å². The third kappa shape index (κ3) is 4.56. The molecule has 2 aliphatic rings. The van der Waals surface area contributed by atoms with Crippen molar-refractivity contribution in [1.82, 2.24) is 14.5 Å². The molecule has 0 atom stereocenters. The first-order valence-electron chi connectivity index (χ1n) is 9.38. The second-order valence-corrected chi connectivity index (χ2v) is 9.87. The maximum absolute atomic E-state index is 12.6. The zero-order valence-electron chi connectivity index (χ0n) is 15.3. The molecule has 10 heteroatoms. The highest BCUT2D eigenvalue weighted by molar-refractivity contribution is 7.99. The minimum atomic E-state index is -3.46. The lowest BCUT2D eigenvalue weighted by atomic mass is 10.2. The molecular weight excluding hydrogens is 400 g/mol. The number of piperidine rings is 1. The number of hydrogen-bond acceptors (Lipinski definition) is 7. The molecule has 1 amide bonds. The van der Waals surface area contributed by atoms with Gasteiger partial charge in [0.15, 0.2) is 0 Å². The van der Waals surface area contributed by atoms with Crippen LogP contribution in [0.3, 0.4) is 0 Å². The number of nitrogens with one attached hydrogen (secondary N) is 1. The first kappa shape index (κ1) is 19.4. The summed E-state index contributed by atoms with van der Waals surface area (Å²) in [6, 6.07) is 6.29. The lowest BCUT2D eigenvalue weighted by Crippen LogP contribution is -2.35. The summed E-state index contributed by atoms with van der Waals surface area (Å²) in [5.41, 5.74) is 0.549. The molecule has 4 rings (SSSR count). The van der Waals surface area contributed by atoms with Crippen molar-refractivity contribution in [2.45, 2.75) is 48.1 Å². The molecule has 1 aromatic carbocycles. The van der Waals surface area contributed by atoms with Gasteiger partial charge >= 0.3 is 0 Å². The van der Waals surface area contributed by atoms with Gasteiger partial charge in [0, 0.05) is 24.7 Å². The molecule has 28 heavy (non-hydrogen) atoms. The Morgan fingerprint density at radius 1 is 1.14 bits per heavy atom. The predicted molar refractivity (Wildman–Crippen MR) is 105 cm³/mol. The van der Waals surface area contributed by atoms with Crippen LogP contribution in [0.4, 0.5) is 5.69 Å². The summed E-state index contributed by atoms with van der Waals surface area (Å²) in [5.74, 6) is 0.951. The number of hydrogen-bond donors (Lipinski definition) is 1. The highest BCUT2D eigenvalue weighted by Crippen LogP contribution is 2.39. The molecule has 0 unspecified atom stereocenters. The molecule has 0 spiro atoms. The second-order valence-electron chi connectivity index (χ2n) is 7.01. The smallest absolute Gasteiger partial charge is 0.277 e. The Kier molecular flexibility index (Phi) is 5.70.